The SMILES string of the molecule is CC(C)N(C)S(=O)(=O)c1ccoc1. The molecule has 5 heteroatoms. The van der Waals surface area contributed by atoms with Crippen LogP contribution in [0.15, 0.2) is 27.9 Å². The van der Waals surface area contributed by atoms with Crippen LogP contribution in [0.2, 0.25) is 0 Å². The third-order valence-electron chi connectivity index (χ3n) is 1.90. The van der Waals surface area contributed by atoms with E-state index in [0.29, 0.717) is 0 Å². The van der Waals surface area contributed by atoms with E-state index >= 15 is 0 Å². The summed E-state index contributed by atoms with van der Waals surface area (Å²) in [5.41, 5.74) is 0. The van der Waals surface area contributed by atoms with Gasteiger partial charge in [0.25, 0.3) is 0 Å². The van der Waals surface area contributed by atoms with Crippen molar-refractivity contribution in [2.24, 2.45) is 0 Å². The fourth-order valence-electron chi connectivity index (χ4n) is 0.843. The molecule has 0 bridgehead atoms. The molecule has 1 heterocycles. The lowest BCUT2D eigenvalue weighted by Gasteiger charge is -2.19. The van der Waals surface area contributed by atoms with Gasteiger partial charge in [0.05, 0.1) is 6.26 Å². The molecule has 4 nitrogen and oxygen atoms in total. The van der Waals surface area contributed by atoms with Crippen molar-refractivity contribution in [1.82, 2.24) is 4.31 Å². The van der Waals surface area contributed by atoms with Crippen LogP contribution in [0.4, 0.5) is 0 Å². The third-order valence-corrected chi connectivity index (χ3v) is 3.91. The summed E-state index contributed by atoms with van der Waals surface area (Å²) in [6.07, 6.45) is 2.58. The zero-order valence-corrected chi connectivity index (χ0v) is 8.71. The first kappa shape index (κ1) is 10.3. The lowest BCUT2D eigenvalue weighted by Crippen LogP contribution is -2.32. The number of sulfonamides is 1. The molecule has 0 saturated carbocycles. The second kappa shape index (κ2) is 3.51. The molecule has 0 saturated heterocycles. The van der Waals surface area contributed by atoms with Crippen molar-refractivity contribution in [2.45, 2.75) is 24.8 Å². The number of rotatable bonds is 3. The second-order valence-electron chi connectivity index (χ2n) is 3.07. The third kappa shape index (κ3) is 1.92. The highest BCUT2D eigenvalue weighted by Crippen LogP contribution is 2.15. The molecular weight excluding hydrogens is 190 g/mol. The van der Waals surface area contributed by atoms with Gasteiger partial charge in [0.15, 0.2) is 0 Å². The highest BCUT2D eigenvalue weighted by atomic mass is 32.2. The summed E-state index contributed by atoms with van der Waals surface area (Å²) in [5.74, 6) is 0. The molecule has 0 N–H and O–H groups in total. The Hall–Kier alpha value is -0.810. The van der Waals surface area contributed by atoms with E-state index in [1.54, 1.807) is 7.05 Å². The van der Waals surface area contributed by atoms with Gasteiger partial charge in [-0.25, -0.2) is 8.42 Å². The van der Waals surface area contributed by atoms with Gasteiger partial charge in [-0.2, -0.15) is 4.31 Å². The average molecular weight is 203 g/mol. The van der Waals surface area contributed by atoms with E-state index < -0.39 is 10.0 Å². The largest absolute Gasteiger partial charge is 0.471 e. The summed E-state index contributed by atoms with van der Waals surface area (Å²) in [6, 6.07) is 1.38. The van der Waals surface area contributed by atoms with Gasteiger partial charge < -0.3 is 4.42 Å². The Morgan fingerprint density at radius 2 is 2.08 bits per heavy atom. The highest BCUT2D eigenvalue weighted by Gasteiger charge is 2.23. The van der Waals surface area contributed by atoms with Crippen molar-refractivity contribution in [3.05, 3.63) is 18.6 Å². The van der Waals surface area contributed by atoms with E-state index in [9.17, 15) is 8.42 Å². The topological polar surface area (TPSA) is 50.5 Å². The van der Waals surface area contributed by atoms with Gasteiger partial charge in [0.2, 0.25) is 10.0 Å². The van der Waals surface area contributed by atoms with Crippen molar-refractivity contribution in [3.8, 4) is 0 Å². The highest BCUT2D eigenvalue weighted by molar-refractivity contribution is 7.89. The van der Waals surface area contributed by atoms with E-state index in [2.05, 4.69) is 0 Å². The number of furan rings is 1. The van der Waals surface area contributed by atoms with E-state index in [1.807, 2.05) is 13.8 Å². The minimum Gasteiger partial charge on any atom is -0.471 e. The van der Waals surface area contributed by atoms with Crippen LogP contribution in [0.5, 0.6) is 0 Å². The lowest BCUT2D eigenvalue weighted by molar-refractivity contribution is 0.409. The minimum atomic E-state index is -3.36. The maximum Gasteiger partial charge on any atom is 0.246 e. The molecule has 0 aliphatic heterocycles. The number of hydrogen-bond donors (Lipinski definition) is 0. The predicted molar refractivity (Wildman–Crippen MR) is 48.8 cm³/mol. The monoisotopic (exact) mass is 203 g/mol. The van der Waals surface area contributed by atoms with E-state index in [1.165, 1.54) is 22.9 Å². The quantitative estimate of drug-likeness (QED) is 0.744. The summed E-state index contributed by atoms with van der Waals surface area (Å²) in [4.78, 5) is 0.198. The molecule has 74 valence electrons. The Bertz CT molecular complexity index is 353. The van der Waals surface area contributed by atoms with E-state index in [0.717, 1.165) is 0 Å². The van der Waals surface area contributed by atoms with Gasteiger partial charge in [0, 0.05) is 13.1 Å². The first-order valence-corrected chi connectivity index (χ1v) is 5.40. The van der Waals surface area contributed by atoms with Crippen molar-refractivity contribution in [3.63, 3.8) is 0 Å². The molecule has 0 amide bonds. The molecule has 0 atom stereocenters. The van der Waals surface area contributed by atoms with E-state index in [-0.39, 0.29) is 10.9 Å². The molecule has 0 aliphatic rings. The van der Waals surface area contributed by atoms with Gasteiger partial charge >= 0.3 is 0 Å². The van der Waals surface area contributed by atoms with Crippen LogP contribution in [-0.2, 0) is 10.0 Å². The molecule has 13 heavy (non-hydrogen) atoms. The summed E-state index contributed by atoms with van der Waals surface area (Å²) in [7, 11) is -1.81. The standard InChI is InChI=1S/C8H13NO3S/c1-7(2)9(3)13(10,11)8-4-5-12-6-8/h4-7H,1-3H3. The zero-order chi connectivity index (χ0) is 10.1. The Morgan fingerprint density at radius 1 is 1.46 bits per heavy atom. The van der Waals surface area contributed by atoms with Crippen LogP contribution in [0.1, 0.15) is 13.8 Å². The summed E-state index contributed by atoms with van der Waals surface area (Å²) in [6.45, 7) is 3.63. The van der Waals surface area contributed by atoms with Crippen LogP contribution in [0.25, 0.3) is 0 Å². The van der Waals surface area contributed by atoms with Gasteiger partial charge in [-0.15, -0.1) is 0 Å². The first-order chi connectivity index (χ1) is 5.96. The molecule has 0 unspecified atom stereocenters. The molecule has 0 aliphatic carbocycles. The number of hydrogen-bond acceptors (Lipinski definition) is 3. The summed E-state index contributed by atoms with van der Waals surface area (Å²) in [5, 5.41) is 0. The predicted octanol–water partition coefficient (Wildman–Crippen LogP) is 1.31. The maximum absolute atomic E-state index is 11.7. The molecule has 1 aromatic heterocycles. The van der Waals surface area contributed by atoms with Gasteiger partial charge in [-0.3, -0.25) is 0 Å². The summed E-state index contributed by atoms with van der Waals surface area (Å²) >= 11 is 0. The smallest absolute Gasteiger partial charge is 0.246 e. The van der Waals surface area contributed by atoms with Crippen LogP contribution >= 0.6 is 0 Å². The van der Waals surface area contributed by atoms with Crippen molar-refractivity contribution >= 4 is 10.0 Å². The normalized spacial score (nSPS) is 12.7. The lowest BCUT2D eigenvalue weighted by atomic mass is 10.4. The fraction of sp³-hybridized carbons (Fsp3) is 0.500. The molecule has 0 aromatic carbocycles. The number of nitrogens with zero attached hydrogens (tertiary/aromatic N) is 1. The van der Waals surface area contributed by atoms with Crippen LogP contribution < -0.4 is 0 Å². The molecule has 0 fully saturated rings. The maximum atomic E-state index is 11.7. The Morgan fingerprint density at radius 3 is 2.46 bits per heavy atom. The van der Waals surface area contributed by atoms with Crippen LogP contribution in [0, 0.1) is 0 Å². The van der Waals surface area contributed by atoms with Gasteiger partial charge in [-0.05, 0) is 19.9 Å². The minimum absolute atomic E-state index is 0.0556. The Kier molecular flexibility index (Phi) is 2.77. The molecule has 0 radical (unpaired) electrons. The molecule has 1 aromatic rings. The van der Waals surface area contributed by atoms with Crippen LogP contribution in [0.3, 0.4) is 0 Å². The summed E-state index contributed by atoms with van der Waals surface area (Å²) < 4.78 is 29.4. The van der Waals surface area contributed by atoms with E-state index in [4.69, 9.17) is 4.42 Å². The molecule has 0 spiro atoms. The van der Waals surface area contributed by atoms with Crippen LogP contribution in [-0.4, -0.2) is 25.8 Å². The van der Waals surface area contributed by atoms with Gasteiger partial charge in [0.1, 0.15) is 11.2 Å². The van der Waals surface area contributed by atoms with Crippen molar-refractivity contribution in [2.75, 3.05) is 7.05 Å². The second-order valence-corrected chi connectivity index (χ2v) is 5.07. The Labute approximate surface area is 78.2 Å². The zero-order valence-electron chi connectivity index (χ0n) is 7.89. The molecule has 1 rings (SSSR count). The van der Waals surface area contributed by atoms with Crippen molar-refractivity contribution < 1.29 is 12.8 Å². The average Bonchev–Trinajstić information content (AvgIpc) is 2.54. The Balaban J connectivity index is 3.04. The fourth-order valence-corrected chi connectivity index (χ4v) is 2.13. The van der Waals surface area contributed by atoms with Gasteiger partial charge in [-0.1, -0.05) is 0 Å². The first-order valence-electron chi connectivity index (χ1n) is 3.96. The molecular formula is C8H13NO3S. The van der Waals surface area contributed by atoms with Crippen molar-refractivity contribution in [1.29, 1.82) is 0 Å².